The van der Waals surface area contributed by atoms with E-state index in [4.69, 9.17) is 25.8 Å². The summed E-state index contributed by atoms with van der Waals surface area (Å²) in [6, 6.07) is 14.2. The lowest BCUT2D eigenvalue weighted by molar-refractivity contribution is -0.0322. The van der Waals surface area contributed by atoms with Crippen molar-refractivity contribution in [1.29, 1.82) is 0 Å². The highest BCUT2D eigenvalue weighted by atomic mass is 35.5. The quantitative estimate of drug-likeness (QED) is 0.571. The number of hydrogen-bond donors (Lipinski definition) is 0. The molecule has 1 aliphatic heterocycles. The van der Waals surface area contributed by atoms with Gasteiger partial charge in [-0.3, -0.25) is 0 Å². The normalized spacial score (nSPS) is 21.7. The van der Waals surface area contributed by atoms with E-state index in [9.17, 15) is 9.59 Å². The molecule has 3 rings (SSSR count). The molecular formula is C21H21ClO5. The number of halogens is 1. The van der Waals surface area contributed by atoms with E-state index in [1.807, 2.05) is 38.1 Å². The number of ether oxygens (including phenoxy) is 3. The van der Waals surface area contributed by atoms with Crippen LogP contribution in [0.4, 0.5) is 0 Å². The van der Waals surface area contributed by atoms with Crippen LogP contribution in [0.1, 0.15) is 38.3 Å². The third-order valence-electron chi connectivity index (χ3n) is 4.37. The highest BCUT2D eigenvalue weighted by Crippen LogP contribution is 2.27. The van der Waals surface area contributed by atoms with E-state index >= 15 is 0 Å². The van der Waals surface area contributed by atoms with Gasteiger partial charge in [0, 0.05) is 6.42 Å². The van der Waals surface area contributed by atoms with Crippen molar-refractivity contribution in [2.75, 3.05) is 6.61 Å². The second kappa shape index (κ2) is 8.55. The third-order valence-corrected chi connectivity index (χ3v) is 4.65. The minimum atomic E-state index is -0.601. The molecule has 5 nitrogen and oxygen atoms in total. The average molecular weight is 389 g/mol. The van der Waals surface area contributed by atoms with Gasteiger partial charge in [0.1, 0.15) is 24.4 Å². The molecule has 3 atom stereocenters. The van der Waals surface area contributed by atoms with Crippen LogP contribution >= 0.6 is 11.6 Å². The minimum Gasteiger partial charge on any atom is -0.459 e. The van der Waals surface area contributed by atoms with E-state index in [-0.39, 0.29) is 6.61 Å². The number of hydrogen-bond acceptors (Lipinski definition) is 5. The molecule has 6 heteroatoms. The monoisotopic (exact) mass is 388 g/mol. The molecule has 0 unspecified atom stereocenters. The molecule has 0 radical (unpaired) electrons. The predicted octanol–water partition coefficient (Wildman–Crippen LogP) is 4.04. The molecule has 0 spiro atoms. The summed E-state index contributed by atoms with van der Waals surface area (Å²) in [5.41, 5.74) is 2.42. The summed E-state index contributed by atoms with van der Waals surface area (Å²) in [7, 11) is 0. The largest absolute Gasteiger partial charge is 0.459 e. The highest BCUT2D eigenvalue weighted by Gasteiger charge is 2.38. The van der Waals surface area contributed by atoms with Crippen LogP contribution < -0.4 is 0 Å². The van der Waals surface area contributed by atoms with Gasteiger partial charge in [0.05, 0.1) is 11.1 Å². The molecule has 27 heavy (non-hydrogen) atoms. The Bertz CT molecular complexity index is 800. The van der Waals surface area contributed by atoms with Gasteiger partial charge in [-0.15, -0.1) is 0 Å². The van der Waals surface area contributed by atoms with Crippen molar-refractivity contribution in [3.63, 3.8) is 0 Å². The van der Waals surface area contributed by atoms with Crippen LogP contribution in [-0.4, -0.2) is 36.3 Å². The van der Waals surface area contributed by atoms with Crippen molar-refractivity contribution < 1.29 is 23.8 Å². The number of carbonyl (C=O) groups is 2. The Labute approximate surface area is 163 Å². The predicted molar refractivity (Wildman–Crippen MR) is 101 cm³/mol. The first-order valence-corrected chi connectivity index (χ1v) is 9.17. The van der Waals surface area contributed by atoms with Gasteiger partial charge in [0.2, 0.25) is 0 Å². The summed E-state index contributed by atoms with van der Waals surface area (Å²) in [4.78, 5) is 24.5. The van der Waals surface area contributed by atoms with Gasteiger partial charge >= 0.3 is 11.9 Å². The molecule has 1 fully saturated rings. The van der Waals surface area contributed by atoms with Gasteiger partial charge in [-0.05, 0) is 38.1 Å². The molecule has 0 saturated carbocycles. The summed E-state index contributed by atoms with van der Waals surface area (Å²) in [6.07, 6.45) is -0.838. The molecular weight excluding hydrogens is 368 g/mol. The second-order valence-corrected chi connectivity index (χ2v) is 7.08. The molecule has 1 saturated heterocycles. The highest BCUT2D eigenvalue weighted by molar-refractivity contribution is 6.19. The molecule has 0 amide bonds. The lowest BCUT2D eigenvalue weighted by Gasteiger charge is -2.19. The molecule has 0 N–H and O–H groups in total. The molecule has 0 aromatic heterocycles. The number of rotatable bonds is 5. The maximum Gasteiger partial charge on any atom is 0.338 e. The topological polar surface area (TPSA) is 61.8 Å². The maximum atomic E-state index is 12.3. The first kappa shape index (κ1) is 19.4. The summed E-state index contributed by atoms with van der Waals surface area (Å²) < 4.78 is 16.4. The van der Waals surface area contributed by atoms with Crippen molar-refractivity contribution in [3.05, 3.63) is 70.8 Å². The standard InChI is InChI=1S/C21H21ClO5/c1-13-3-7-15(8-4-13)20(23)25-12-18-17(11-19(22)26-18)27-21(24)16-9-5-14(2)6-10-16/h3-10,17-19H,11-12H2,1-2H3/t17-,18+,19+/m1/s1. The fourth-order valence-electron chi connectivity index (χ4n) is 2.76. The lowest BCUT2D eigenvalue weighted by atomic mass is 10.1. The molecule has 0 bridgehead atoms. The summed E-state index contributed by atoms with van der Waals surface area (Å²) in [6.45, 7) is 3.84. The van der Waals surface area contributed by atoms with Gasteiger partial charge in [-0.2, -0.15) is 0 Å². The fraction of sp³-hybridized carbons (Fsp3) is 0.333. The molecule has 1 aliphatic rings. The van der Waals surface area contributed by atoms with Crippen molar-refractivity contribution in [3.8, 4) is 0 Å². The third kappa shape index (κ3) is 5.08. The van der Waals surface area contributed by atoms with Gasteiger partial charge < -0.3 is 14.2 Å². The van der Waals surface area contributed by atoms with E-state index in [1.54, 1.807) is 24.3 Å². The Morgan fingerprint density at radius 1 is 0.963 bits per heavy atom. The van der Waals surface area contributed by atoms with Crippen LogP contribution in [0.5, 0.6) is 0 Å². The van der Waals surface area contributed by atoms with E-state index in [0.717, 1.165) is 11.1 Å². The molecule has 0 aliphatic carbocycles. The fourth-order valence-corrected chi connectivity index (χ4v) is 3.07. The molecule has 142 valence electrons. The Morgan fingerprint density at radius 2 is 1.48 bits per heavy atom. The second-order valence-electron chi connectivity index (χ2n) is 6.59. The zero-order chi connectivity index (χ0) is 19.4. The Balaban J connectivity index is 1.58. The van der Waals surface area contributed by atoms with Crippen LogP contribution in [0.3, 0.4) is 0 Å². The number of aryl methyl sites for hydroxylation is 2. The van der Waals surface area contributed by atoms with Crippen molar-refractivity contribution in [1.82, 2.24) is 0 Å². The summed E-state index contributed by atoms with van der Waals surface area (Å²) in [5, 5.41) is 0. The Morgan fingerprint density at radius 3 is 2.04 bits per heavy atom. The lowest BCUT2D eigenvalue weighted by Crippen LogP contribution is -2.32. The van der Waals surface area contributed by atoms with Gasteiger partial charge in [-0.25, -0.2) is 9.59 Å². The van der Waals surface area contributed by atoms with Crippen LogP contribution in [0.15, 0.2) is 48.5 Å². The average Bonchev–Trinajstić information content (AvgIpc) is 3.00. The molecule has 2 aromatic carbocycles. The summed E-state index contributed by atoms with van der Waals surface area (Å²) >= 11 is 6.05. The zero-order valence-electron chi connectivity index (χ0n) is 15.2. The van der Waals surface area contributed by atoms with E-state index in [2.05, 4.69) is 0 Å². The molecule has 2 aromatic rings. The van der Waals surface area contributed by atoms with Gasteiger partial charge in [0.25, 0.3) is 0 Å². The zero-order valence-corrected chi connectivity index (χ0v) is 15.9. The van der Waals surface area contributed by atoms with E-state index in [1.165, 1.54) is 0 Å². The number of esters is 2. The SMILES string of the molecule is Cc1ccc(C(=O)OC[C@@H]2O[C@H](Cl)C[C@H]2OC(=O)c2ccc(C)cc2)cc1. The number of alkyl halides is 1. The van der Waals surface area contributed by atoms with Crippen molar-refractivity contribution in [2.24, 2.45) is 0 Å². The Hall–Kier alpha value is -2.37. The number of carbonyl (C=O) groups excluding carboxylic acids is 2. The van der Waals surface area contributed by atoms with Gasteiger partial charge in [-0.1, -0.05) is 47.0 Å². The first-order valence-electron chi connectivity index (χ1n) is 8.73. The van der Waals surface area contributed by atoms with Crippen LogP contribution in [-0.2, 0) is 14.2 Å². The van der Waals surface area contributed by atoms with E-state index < -0.39 is 29.7 Å². The van der Waals surface area contributed by atoms with Gasteiger partial charge in [0.15, 0.2) is 0 Å². The van der Waals surface area contributed by atoms with E-state index in [0.29, 0.717) is 17.5 Å². The van der Waals surface area contributed by atoms with Crippen molar-refractivity contribution >= 4 is 23.5 Å². The summed E-state index contributed by atoms with van der Waals surface area (Å²) in [5.74, 6) is -0.913. The minimum absolute atomic E-state index is 0.0399. The smallest absolute Gasteiger partial charge is 0.338 e. The first-order chi connectivity index (χ1) is 12.9. The maximum absolute atomic E-state index is 12.3. The number of benzene rings is 2. The van der Waals surface area contributed by atoms with Crippen LogP contribution in [0.25, 0.3) is 0 Å². The molecule has 1 heterocycles. The van der Waals surface area contributed by atoms with Crippen molar-refractivity contribution in [2.45, 2.75) is 38.0 Å². The Kier molecular flexibility index (Phi) is 6.14. The van der Waals surface area contributed by atoms with Crippen LogP contribution in [0, 0.1) is 13.8 Å². The van der Waals surface area contributed by atoms with Crippen LogP contribution in [0.2, 0.25) is 0 Å².